The minimum atomic E-state index is -0.347. The summed E-state index contributed by atoms with van der Waals surface area (Å²) in [6, 6.07) is 8.08. The molecule has 3 N–H and O–H groups in total. The third-order valence-electron chi connectivity index (χ3n) is 3.33. The summed E-state index contributed by atoms with van der Waals surface area (Å²) in [6.45, 7) is 7.66. The fraction of sp³-hybridized carbons (Fsp3) is 0.412. The van der Waals surface area contributed by atoms with Crippen LogP contribution in [0.3, 0.4) is 0 Å². The van der Waals surface area contributed by atoms with E-state index in [0.29, 0.717) is 19.6 Å². The Balaban J connectivity index is 1.76. The average molecular weight is 379 g/mol. The van der Waals surface area contributed by atoms with Crippen LogP contribution >= 0.6 is 15.9 Å². The number of hydrogen-bond donors (Lipinski definition) is 3. The van der Waals surface area contributed by atoms with Gasteiger partial charge in [-0.05, 0) is 12.1 Å². The first-order chi connectivity index (χ1) is 10.9. The van der Waals surface area contributed by atoms with E-state index in [-0.39, 0.29) is 11.3 Å². The molecule has 6 heteroatoms. The summed E-state index contributed by atoms with van der Waals surface area (Å²) in [7, 11) is 0. The number of amides is 1. The number of nitrogens with one attached hydrogen (secondary N) is 3. The third kappa shape index (κ3) is 5.48. The quantitative estimate of drug-likeness (QED) is 0.676. The summed E-state index contributed by atoms with van der Waals surface area (Å²) in [6.07, 6.45) is 1.83. The van der Waals surface area contributed by atoms with Crippen LogP contribution in [0.2, 0.25) is 0 Å². The Morgan fingerprint density at radius 1 is 1.30 bits per heavy atom. The van der Waals surface area contributed by atoms with E-state index in [1.54, 1.807) is 0 Å². The van der Waals surface area contributed by atoms with E-state index in [9.17, 15) is 4.79 Å². The monoisotopic (exact) mass is 378 g/mol. The Morgan fingerprint density at radius 2 is 2.09 bits per heavy atom. The maximum absolute atomic E-state index is 11.7. The molecular weight excluding hydrogens is 356 g/mol. The van der Waals surface area contributed by atoms with Crippen LogP contribution in [0.25, 0.3) is 11.3 Å². The second-order valence-corrected chi connectivity index (χ2v) is 7.35. The maximum Gasteiger partial charge on any atom is 0.225 e. The van der Waals surface area contributed by atoms with Crippen LogP contribution in [0.5, 0.6) is 0 Å². The molecule has 2 rings (SSSR count). The molecule has 1 amide bonds. The predicted octanol–water partition coefficient (Wildman–Crippen LogP) is 3.09. The first-order valence-electron chi connectivity index (χ1n) is 7.65. The Morgan fingerprint density at radius 3 is 2.78 bits per heavy atom. The van der Waals surface area contributed by atoms with Gasteiger partial charge >= 0.3 is 0 Å². The van der Waals surface area contributed by atoms with E-state index in [0.717, 1.165) is 21.6 Å². The zero-order valence-corrected chi connectivity index (χ0v) is 15.3. The van der Waals surface area contributed by atoms with Gasteiger partial charge in [-0.1, -0.05) is 48.8 Å². The molecule has 0 saturated carbocycles. The van der Waals surface area contributed by atoms with E-state index < -0.39 is 0 Å². The lowest BCUT2D eigenvalue weighted by Crippen LogP contribution is -2.38. The highest BCUT2D eigenvalue weighted by Gasteiger charge is 2.20. The van der Waals surface area contributed by atoms with Crippen molar-refractivity contribution in [3.63, 3.8) is 0 Å². The number of rotatable bonds is 6. The van der Waals surface area contributed by atoms with Crippen molar-refractivity contribution in [2.45, 2.75) is 27.3 Å². The minimum absolute atomic E-state index is 0.0641. The lowest BCUT2D eigenvalue weighted by molar-refractivity contribution is -0.128. The molecule has 0 aliphatic heterocycles. The van der Waals surface area contributed by atoms with Gasteiger partial charge in [0.25, 0.3) is 0 Å². The van der Waals surface area contributed by atoms with Crippen molar-refractivity contribution in [2.75, 3.05) is 13.1 Å². The highest BCUT2D eigenvalue weighted by Crippen LogP contribution is 2.21. The van der Waals surface area contributed by atoms with Gasteiger partial charge in [0.15, 0.2) is 0 Å². The van der Waals surface area contributed by atoms with Gasteiger partial charge in [0.2, 0.25) is 5.91 Å². The zero-order chi connectivity index (χ0) is 16.9. The predicted molar refractivity (Wildman–Crippen MR) is 95.9 cm³/mol. The molecule has 0 saturated heterocycles. The van der Waals surface area contributed by atoms with Gasteiger partial charge in [0, 0.05) is 28.5 Å². The van der Waals surface area contributed by atoms with Crippen molar-refractivity contribution in [1.29, 1.82) is 0 Å². The van der Waals surface area contributed by atoms with Gasteiger partial charge in [-0.2, -0.15) is 0 Å². The molecule has 0 spiro atoms. The molecule has 1 aromatic heterocycles. The van der Waals surface area contributed by atoms with Crippen molar-refractivity contribution >= 4 is 21.8 Å². The zero-order valence-electron chi connectivity index (χ0n) is 13.7. The van der Waals surface area contributed by atoms with Crippen molar-refractivity contribution in [2.24, 2.45) is 5.41 Å². The lowest BCUT2D eigenvalue weighted by Gasteiger charge is -2.17. The number of H-pyrrole nitrogens is 1. The number of halogens is 1. The standard InChI is InChI=1S/C17H23BrN4O/c1-17(2,3)16(23)20-8-7-19-11-15-21-10-14(22-15)12-5-4-6-13(18)9-12/h4-6,9-10,19H,7-8,11H2,1-3H3,(H,20,23)(H,21,22). The summed E-state index contributed by atoms with van der Waals surface area (Å²) >= 11 is 3.47. The molecule has 2 aromatic rings. The van der Waals surface area contributed by atoms with Gasteiger partial charge in [-0.3, -0.25) is 4.79 Å². The third-order valence-corrected chi connectivity index (χ3v) is 3.82. The number of carbonyl (C=O) groups excluding carboxylic acids is 1. The molecule has 5 nitrogen and oxygen atoms in total. The van der Waals surface area contributed by atoms with Gasteiger partial charge in [0.1, 0.15) is 5.82 Å². The number of aromatic nitrogens is 2. The summed E-state index contributed by atoms with van der Waals surface area (Å²) in [5.74, 6) is 0.941. The molecule has 0 aliphatic rings. The second kappa shape index (κ2) is 7.75. The molecule has 23 heavy (non-hydrogen) atoms. The van der Waals surface area contributed by atoms with E-state index in [1.165, 1.54) is 0 Å². The number of nitrogens with zero attached hydrogens (tertiary/aromatic N) is 1. The molecule has 1 aromatic carbocycles. The molecular formula is C17H23BrN4O. The summed E-state index contributed by atoms with van der Waals surface area (Å²) in [4.78, 5) is 19.4. The van der Waals surface area contributed by atoms with Crippen molar-refractivity contribution in [3.8, 4) is 11.3 Å². The van der Waals surface area contributed by atoms with Crippen LogP contribution in [-0.4, -0.2) is 29.0 Å². The van der Waals surface area contributed by atoms with Crippen molar-refractivity contribution in [1.82, 2.24) is 20.6 Å². The fourth-order valence-corrected chi connectivity index (χ4v) is 2.39. The van der Waals surface area contributed by atoms with Gasteiger partial charge < -0.3 is 15.6 Å². The lowest BCUT2D eigenvalue weighted by atomic mass is 9.96. The summed E-state index contributed by atoms with van der Waals surface area (Å²) in [5, 5.41) is 6.18. The van der Waals surface area contributed by atoms with Crippen LogP contribution in [0.1, 0.15) is 26.6 Å². The first-order valence-corrected chi connectivity index (χ1v) is 8.44. The number of aromatic amines is 1. The summed E-state index contributed by atoms with van der Waals surface area (Å²) < 4.78 is 1.04. The van der Waals surface area contributed by atoms with E-state index in [1.807, 2.05) is 51.2 Å². The van der Waals surface area contributed by atoms with Gasteiger partial charge in [-0.15, -0.1) is 0 Å². The van der Waals surface area contributed by atoms with Crippen LogP contribution in [0.15, 0.2) is 34.9 Å². The molecule has 0 aliphatic carbocycles. The van der Waals surface area contributed by atoms with Crippen molar-refractivity contribution in [3.05, 3.63) is 40.8 Å². The molecule has 0 fully saturated rings. The molecule has 0 bridgehead atoms. The second-order valence-electron chi connectivity index (χ2n) is 6.44. The van der Waals surface area contributed by atoms with E-state index in [2.05, 4.69) is 36.5 Å². The normalized spacial score (nSPS) is 11.5. The molecule has 0 radical (unpaired) electrons. The summed E-state index contributed by atoms with van der Waals surface area (Å²) in [5.41, 5.74) is 1.74. The number of benzene rings is 1. The van der Waals surface area contributed by atoms with Crippen LogP contribution in [0, 0.1) is 5.41 Å². The highest BCUT2D eigenvalue weighted by atomic mass is 79.9. The molecule has 124 valence electrons. The largest absolute Gasteiger partial charge is 0.354 e. The van der Waals surface area contributed by atoms with Crippen LogP contribution in [-0.2, 0) is 11.3 Å². The Bertz CT molecular complexity index is 661. The maximum atomic E-state index is 11.7. The van der Waals surface area contributed by atoms with Crippen LogP contribution in [0.4, 0.5) is 0 Å². The highest BCUT2D eigenvalue weighted by molar-refractivity contribution is 9.10. The molecule has 1 heterocycles. The SMILES string of the molecule is CC(C)(C)C(=O)NCCNCc1ncc(-c2cccc(Br)c2)[nH]1. The Kier molecular flexibility index (Phi) is 5.96. The first kappa shape index (κ1) is 17.7. The van der Waals surface area contributed by atoms with Gasteiger partial charge in [0.05, 0.1) is 18.4 Å². The van der Waals surface area contributed by atoms with E-state index >= 15 is 0 Å². The van der Waals surface area contributed by atoms with Crippen molar-refractivity contribution < 1.29 is 4.79 Å². The van der Waals surface area contributed by atoms with E-state index in [4.69, 9.17) is 0 Å². The smallest absolute Gasteiger partial charge is 0.225 e. The molecule has 0 atom stereocenters. The van der Waals surface area contributed by atoms with Gasteiger partial charge in [-0.25, -0.2) is 4.98 Å². The fourth-order valence-electron chi connectivity index (χ4n) is 1.99. The minimum Gasteiger partial charge on any atom is -0.354 e. The Hall–Kier alpha value is -1.66. The van der Waals surface area contributed by atoms with Crippen LogP contribution < -0.4 is 10.6 Å². The number of hydrogen-bond acceptors (Lipinski definition) is 3. The Labute approximate surface area is 145 Å². The topological polar surface area (TPSA) is 69.8 Å². The average Bonchev–Trinajstić information content (AvgIpc) is 2.94. The number of carbonyl (C=O) groups is 1. The molecule has 0 unspecified atom stereocenters. The number of imidazole rings is 1.